The van der Waals surface area contributed by atoms with E-state index >= 15 is 0 Å². The number of aromatic nitrogens is 5. The molecule has 0 aliphatic carbocycles. The third kappa shape index (κ3) is 2.35. The molecule has 84 valence electrons. The predicted molar refractivity (Wildman–Crippen MR) is 55.4 cm³/mol. The summed E-state index contributed by atoms with van der Waals surface area (Å²) in [5.41, 5.74) is 5.28. The average Bonchev–Trinajstić information content (AvgIpc) is 2.89. The number of amides is 1. The van der Waals surface area contributed by atoms with E-state index in [0.29, 0.717) is 13.1 Å². The number of nitrogen functional groups attached to an aromatic ring is 1. The molecule has 0 aliphatic heterocycles. The zero-order chi connectivity index (χ0) is 11.4. The number of carbonyl (C=O) groups excluding carboxylic acids is 1. The number of rotatable bonds is 4. The SMILES string of the molecule is Nc1n[nH]c(C(=O)NCCn2ccnc2)n1. The number of imidazole rings is 1. The molecular weight excluding hydrogens is 210 g/mol. The lowest BCUT2D eigenvalue weighted by Gasteiger charge is -2.03. The molecule has 8 nitrogen and oxygen atoms in total. The van der Waals surface area contributed by atoms with E-state index in [0.717, 1.165) is 0 Å². The number of carbonyl (C=O) groups is 1. The summed E-state index contributed by atoms with van der Waals surface area (Å²) in [6.45, 7) is 1.13. The molecule has 0 radical (unpaired) electrons. The van der Waals surface area contributed by atoms with Gasteiger partial charge < -0.3 is 15.6 Å². The van der Waals surface area contributed by atoms with Crippen molar-refractivity contribution in [3.63, 3.8) is 0 Å². The van der Waals surface area contributed by atoms with Gasteiger partial charge in [0.05, 0.1) is 6.33 Å². The summed E-state index contributed by atoms with van der Waals surface area (Å²) in [6, 6.07) is 0. The fraction of sp³-hybridized carbons (Fsp3) is 0.250. The van der Waals surface area contributed by atoms with E-state index < -0.39 is 0 Å². The monoisotopic (exact) mass is 221 g/mol. The Hall–Kier alpha value is -2.38. The van der Waals surface area contributed by atoms with Gasteiger partial charge in [0.25, 0.3) is 5.91 Å². The quantitative estimate of drug-likeness (QED) is 0.613. The van der Waals surface area contributed by atoms with Crippen molar-refractivity contribution >= 4 is 11.9 Å². The Morgan fingerprint density at radius 2 is 2.50 bits per heavy atom. The van der Waals surface area contributed by atoms with Gasteiger partial charge in [0, 0.05) is 25.5 Å². The Balaban J connectivity index is 1.80. The zero-order valence-corrected chi connectivity index (χ0v) is 8.42. The molecule has 0 spiro atoms. The van der Waals surface area contributed by atoms with Crippen LogP contribution in [0.25, 0.3) is 0 Å². The molecule has 0 saturated heterocycles. The van der Waals surface area contributed by atoms with Gasteiger partial charge >= 0.3 is 0 Å². The van der Waals surface area contributed by atoms with Gasteiger partial charge in [-0.1, -0.05) is 0 Å². The van der Waals surface area contributed by atoms with E-state index in [4.69, 9.17) is 5.73 Å². The van der Waals surface area contributed by atoms with Crippen molar-refractivity contribution in [2.45, 2.75) is 6.54 Å². The Kier molecular flexibility index (Phi) is 2.81. The topological polar surface area (TPSA) is 115 Å². The molecule has 0 aromatic carbocycles. The molecule has 2 aromatic heterocycles. The number of nitrogens with one attached hydrogen (secondary N) is 2. The number of aromatic amines is 1. The molecule has 16 heavy (non-hydrogen) atoms. The molecule has 0 fully saturated rings. The van der Waals surface area contributed by atoms with Crippen molar-refractivity contribution in [2.75, 3.05) is 12.3 Å². The second kappa shape index (κ2) is 4.43. The molecular formula is C8H11N7O. The van der Waals surface area contributed by atoms with E-state index in [-0.39, 0.29) is 17.7 Å². The second-order valence-electron chi connectivity index (χ2n) is 3.10. The van der Waals surface area contributed by atoms with E-state index in [1.807, 2.05) is 10.8 Å². The van der Waals surface area contributed by atoms with Crippen molar-refractivity contribution < 1.29 is 4.79 Å². The van der Waals surface area contributed by atoms with E-state index in [1.165, 1.54) is 0 Å². The van der Waals surface area contributed by atoms with Gasteiger partial charge in [-0.05, 0) is 0 Å². The number of nitrogens with two attached hydrogens (primary N) is 1. The van der Waals surface area contributed by atoms with Gasteiger partial charge in [0.1, 0.15) is 0 Å². The maximum atomic E-state index is 11.5. The first-order valence-electron chi connectivity index (χ1n) is 4.67. The zero-order valence-electron chi connectivity index (χ0n) is 8.42. The smallest absolute Gasteiger partial charge is 0.288 e. The van der Waals surface area contributed by atoms with Crippen molar-refractivity contribution in [2.24, 2.45) is 0 Å². The van der Waals surface area contributed by atoms with Gasteiger partial charge in [-0.25, -0.2) is 4.98 Å². The predicted octanol–water partition coefficient (Wildman–Crippen LogP) is -0.987. The normalized spacial score (nSPS) is 10.2. The van der Waals surface area contributed by atoms with Gasteiger partial charge in [0.2, 0.25) is 11.8 Å². The summed E-state index contributed by atoms with van der Waals surface area (Å²) in [5.74, 6) is -0.160. The minimum absolute atomic E-state index is 0.0553. The maximum absolute atomic E-state index is 11.5. The fourth-order valence-corrected chi connectivity index (χ4v) is 1.18. The van der Waals surface area contributed by atoms with Gasteiger partial charge in [-0.3, -0.25) is 9.89 Å². The Morgan fingerprint density at radius 1 is 1.62 bits per heavy atom. The first-order chi connectivity index (χ1) is 7.75. The highest BCUT2D eigenvalue weighted by molar-refractivity contribution is 5.90. The molecule has 0 bridgehead atoms. The third-order valence-corrected chi connectivity index (χ3v) is 1.93. The van der Waals surface area contributed by atoms with E-state index in [2.05, 4.69) is 25.5 Å². The van der Waals surface area contributed by atoms with Crippen LogP contribution in [-0.2, 0) is 6.54 Å². The fourth-order valence-electron chi connectivity index (χ4n) is 1.18. The first-order valence-corrected chi connectivity index (χ1v) is 4.67. The van der Waals surface area contributed by atoms with Crippen LogP contribution in [0.1, 0.15) is 10.6 Å². The highest BCUT2D eigenvalue weighted by Gasteiger charge is 2.09. The molecule has 2 aromatic rings. The molecule has 0 atom stereocenters. The number of anilines is 1. The minimum Gasteiger partial charge on any atom is -0.366 e. The van der Waals surface area contributed by atoms with Gasteiger partial charge in [0.15, 0.2) is 0 Å². The summed E-state index contributed by atoms with van der Waals surface area (Å²) in [4.78, 5) is 19.1. The first kappa shape index (κ1) is 10.1. The number of hydrogen-bond donors (Lipinski definition) is 3. The summed E-state index contributed by atoms with van der Waals surface area (Å²) in [5, 5.41) is 8.67. The van der Waals surface area contributed by atoms with Crippen LogP contribution >= 0.6 is 0 Å². The van der Waals surface area contributed by atoms with Crippen LogP contribution in [-0.4, -0.2) is 37.2 Å². The standard InChI is InChI=1S/C8H11N7O/c9-8-12-6(13-14-8)7(16)11-2-4-15-3-1-10-5-15/h1,3,5H,2,4H2,(H,11,16)(H3,9,12,13,14). The number of H-pyrrole nitrogens is 1. The lowest BCUT2D eigenvalue weighted by atomic mass is 10.5. The highest BCUT2D eigenvalue weighted by atomic mass is 16.2. The lowest BCUT2D eigenvalue weighted by Crippen LogP contribution is -2.27. The molecule has 2 heterocycles. The molecule has 4 N–H and O–H groups in total. The van der Waals surface area contributed by atoms with Gasteiger partial charge in [-0.2, -0.15) is 4.98 Å². The summed E-state index contributed by atoms with van der Waals surface area (Å²) in [6.07, 6.45) is 5.18. The second-order valence-corrected chi connectivity index (χ2v) is 3.10. The number of hydrogen-bond acceptors (Lipinski definition) is 5. The number of nitrogens with zero attached hydrogens (tertiary/aromatic N) is 4. The van der Waals surface area contributed by atoms with Crippen molar-refractivity contribution in [1.29, 1.82) is 0 Å². The Bertz CT molecular complexity index is 460. The summed E-state index contributed by atoms with van der Waals surface area (Å²) >= 11 is 0. The van der Waals surface area contributed by atoms with Crippen molar-refractivity contribution in [3.8, 4) is 0 Å². The van der Waals surface area contributed by atoms with Crippen LogP contribution in [0, 0.1) is 0 Å². The van der Waals surface area contributed by atoms with Crippen LogP contribution in [0.3, 0.4) is 0 Å². The molecule has 0 aliphatic rings. The molecule has 1 amide bonds. The molecule has 2 rings (SSSR count). The van der Waals surface area contributed by atoms with Crippen LogP contribution in [0.2, 0.25) is 0 Å². The molecule has 0 unspecified atom stereocenters. The van der Waals surface area contributed by atoms with Crippen LogP contribution in [0.4, 0.5) is 5.95 Å². The summed E-state index contributed by atoms with van der Waals surface area (Å²) < 4.78 is 1.86. The van der Waals surface area contributed by atoms with Crippen LogP contribution in [0.15, 0.2) is 18.7 Å². The Labute approximate surface area is 90.9 Å². The van der Waals surface area contributed by atoms with Crippen LogP contribution < -0.4 is 11.1 Å². The highest BCUT2D eigenvalue weighted by Crippen LogP contribution is 1.92. The molecule has 8 heteroatoms. The van der Waals surface area contributed by atoms with Crippen molar-refractivity contribution in [1.82, 2.24) is 30.0 Å². The minimum atomic E-state index is -0.329. The average molecular weight is 221 g/mol. The summed E-state index contributed by atoms with van der Waals surface area (Å²) in [7, 11) is 0. The Morgan fingerprint density at radius 3 is 3.12 bits per heavy atom. The van der Waals surface area contributed by atoms with Crippen molar-refractivity contribution in [3.05, 3.63) is 24.5 Å². The maximum Gasteiger partial charge on any atom is 0.288 e. The lowest BCUT2D eigenvalue weighted by molar-refractivity contribution is 0.0942. The van der Waals surface area contributed by atoms with Crippen LogP contribution in [0.5, 0.6) is 0 Å². The third-order valence-electron chi connectivity index (χ3n) is 1.93. The largest absolute Gasteiger partial charge is 0.366 e. The van der Waals surface area contributed by atoms with Gasteiger partial charge in [-0.15, -0.1) is 5.10 Å². The van der Waals surface area contributed by atoms with E-state index in [9.17, 15) is 4.79 Å². The van der Waals surface area contributed by atoms with E-state index in [1.54, 1.807) is 12.5 Å². The molecule has 0 saturated carbocycles.